The molecule has 0 saturated carbocycles. The number of nitrogens with one attached hydrogen (secondary N) is 1. The maximum Gasteiger partial charge on any atom is 0.255 e. The summed E-state index contributed by atoms with van der Waals surface area (Å²) in [5.41, 5.74) is 1.74. The molecule has 1 aliphatic rings. The molecular weight excluding hydrogens is 343 g/mol. The monoisotopic (exact) mass is 368 g/mol. The number of halogens is 1. The number of hydrogen-bond donors (Lipinski definition) is 1. The van der Waals surface area contributed by atoms with Gasteiger partial charge in [0.2, 0.25) is 5.91 Å². The standard InChI is InChI=1S/C22H25FN2O2/c1-15-11-16(2)14-25(13-15)22(27)19-5-3-4-6-20(19)24-21(26)12-17-7-9-18(23)10-8-17/h3-10,15-16H,11-14H2,1-2H3,(H,24,26). The zero-order valence-electron chi connectivity index (χ0n) is 15.7. The second kappa shape index (κ2) is 8.33. The molecular formula is C22H25FN2O2. The predicted octanol–water partition coefficient (Wildman–Crippen LogP) is 4.13. The summed E-state index contributed by atoms with van der Waals surface area (Å²) in [6.45, 7) is 5.79. The third kappa shape index (κ3) is 4.94. The van der Waals surface area contributed by atoms with Crippen molar-refractivity contribution in [2.45, 2.75) is 26.7 Å². The van der Waals surface area contributed by atoms with Crippen molar-refractivity contribution >= 4 is 17.5 Å². The topological polar surface area (TPSA) is 49.4 Å². The third-order valence-corrected chi connectivity index (χ3v) is 4.87. The summed E-state index contributed by atoms with van der Waals surface area (Å²) in [4.78, 5) is 27.3. The highest BCUT2D eigenvalue weighted by Gasteiger charge is 2.27. The Labute approximate surface area is 159 Å². The Hall–Kier alpha value is -2.69. The molecule has 0 aromatic heterocycles. The minimum Gasteiger partial charge on any atom is -0.338 e. The molecule has 1 saturated heterocycles. The molecule has 0 radical (unpaired) electrons. The molecule has 2 unspecified atom stereocenters. The van der Waals surface area contributed by atoms with Gasteiger partial charge in [-0.05, 0) is 48.1 Å². The van der Waals surface area contributed by atoms with Gasteiger partial charge in [-0.1, -0.05) is 38.1 Å². The molecule has 3 rings (SSSR count). The maximum atomic E-state index is 13.0. The summed E-state index contributed by atoms with van der Waals surface area (Å²) in [7, 11) is 0. The summed E-state index contributed by atoms with van der Waals surface area (Å²) >= 11 is 0. The lowest BCUT2D eigenvalue weighted by atomic mass is 9.91. The first-order chi connectivity index (χ1) is 12.9. The minimum atomic E-state index is -0.333. The molecule has 4 nitrogen and oxygen atoms in total. The lowest BCUT2D eigenvalue weighted by molar-refractivity contribution is -0.115. The van der Waals surface area contributed by atoms with Crippen molar-refractivity contribution in [1.29, 1.82) is 0 Å². The number of nitrogens with zero attached hydrogens (tertiary/aromatic N) is 1. The normalized spacial score (nSPS) is 19.6. The molecule has 2 aromatic rings. The molecule has 2 aromatic carbocycles. The smallest absolute Gasteiger partial charge is 0.255 e. The summed E-state index contributed by atoms with van der Waals surface area (Å²) in [5.74, 6) is 0.323. The van der Waals surface area contributed by atoms with E-state index in [9.17, 15) is 14.0 Å². The number of carbonyl (C=O) groups excluding carboxylic acids is 2. The second-order valence-electron chi connectivity index (χ2n) is 7.55. The van der Waals surface area contributed by atoms with E-state index in [0.717, 1.165) is 25.1 Å². The van der Waals surface area contributed by atoms with E-state index in [-0.39, 0.29) is 24.1 Å². The maximum absolute atomic E-state index is 13.0. The van der Waals surface area contributed by atoms with Crippen LogP contribution in [0.25, 0.3) is 0 Å². The average molecular weight is 368 g/mol. The summed E-state index contributed by atoms with van der Waals surface area (Å²) < 4.78 is 13.0. The van der Waals surface area contributed by atoms with Gasteiger partial charge in [0.25, 0.3) is 5.91 Å². The highest BCUT2D eigenvalue weighted by atomic mass is 19.1. The van der Waals surface area contributed by atoms with Gasteiger partial charge < -0.3 is 10.2 Å². The molecule has 1 N–H and O–H groups in total. The van der Waals surface area contributed by atoms with Gasteiger partial charge in [-0.15, -0.1) is 0 Å². The zero-order chi connectivity index (χ0) is 19.4. The minimum absolute atomic E-state index is 0.0499. The van der Waals surface area contributed by atoms with Crippen LogP contribution < -0.4 is 5.32 Å². The molecule has 0 spiro atoms. The molecule has 1 aliphatic heterocycles. The molecule has 142 valence electrons. The van der Waals surface area contributed by atoms with Gasteiger partial charge in [-0.3, -0.25) is 9.59 Å². The van der Waals surface area contributed by atoms with E-state index >= 15 is 0 Å². The van der Waals surface area contributed by atoms with E-state index in [0.29, 0.717) is 23.1 Å². The Bertz CT molecular complexity index is 809. The highest BCUT2D eigenvalue weighted by Crippen LogP contribution is 2.25. The molecule has 5 heteroatoms. The van der Waals surface area contributed by atoms with E-state index < -0.39 is 0 Å². The van der Waals surface area contributed by atoms with Gasteiger partial charge in [-0.25, -0.2) is 4.39 Å². The number of hydrogen-bond acceptors (Lipinski definition) is 2. The zero-order valence-corrected chi connectivity index (χ0v) is 15.7. The van der Waals surface area contributed by atoms with Crippen molar-refractivity contribution < 1.29 is 14.0 Å². The van der Waals surface area contributed by atoms with Crippen molar-refractivity contribution in [2.75, 3.05) is 18.4 Å². The highest BCUT2D eigenvalue weighted by molar-refractivity contribution is 6.04. The van der Waals surface area contributed by atoms with Crippen molar-refractivity contribution in [3.8, 4) is 0 Å². The van der Waals surface area contributed by atoms with Crippen molar-refractivity contribution in [3.63, 3.8) is 0 Å². The van der Waals surface area contributed by atoms with Crippen LogP contribution in [0, 0.1) is 17.7 Å². The summed E-state index contributed by atoms with van der Waals surface area (Å²) in [6, 6.07) is 12.9. The quantitative estimate of drug-likeness (QED) is 0.882. The van der Waals surface area contributed by atoms with Crippen LogP contribution in [0.4, 0.5) is 10.1 Å². The third-order valence-electron chi connectivity index (χ3n) is 4.87. The van der Waals surface area contributed by atoms with E-state index in [4.69, 9.17) is 0 Å². The average Bonchev–Trinajstić information content (AvgIpc) is 2.63. The van der Waals surface area contributed by atoms with Gasteiger partial charge in [0.05, 0.1) is 17.7 Å². The Morgan fingerprint density at radius 3 is 2.33 bits per heavy atom. The van der Waals surface area contributed by atoms with Crippen LogP contribution in [0.3, 0.4) is 0 Å². The fourth-order valence-corrected chi connectivity index (χ4v) is 3.76. The van der Waals surface area contributed by atoms with Gasteiger partial charge in [0.1, 0.15) is 5.82 Å². The van der Waals surface area contributed by atoms with Gasteiger partial charge >= 0.3 is 0 Å². The van der Waals surface area contributed by atoms with Crippen LogP contribution in [0.1, 0.15) is 36.2 Å². The van der Waals surface area contributed by atoms with Crippen LogP contribution >= 0.6 is 0 Å². The largest absolute Gasteiger partial charge is 0.338 e. The van der Waals surface area contributed by atoms with E-state index in [1.54, 1.807) is 36.4 Å². The summed E-state index contributed by atoms with van der Waals surface area (Å²) in [5, 5.41) is 2.84. The van der Waals surface area contributed by atoms with Crippen molar-refractivity contribution in [3.05, 3.63) is 65.5 Å². The number of anilines is 1. The fourth-order valence-electron chi connectivity index (χ4n) is 3.76. The molecule has 2 atom stereocenters. The van der Waals surface area contributed by atoms with Crippen LogP contribution in [0.2, 0.25) is 0 Å². The number of carbonyl (C=O) groups is 2. The van der Waals surface area contributed by atoms with Crippen LogP contribution in [0.15, 0.2) is 48.5 Å². The van der Waals surface area contributed by atoms with Gasteiger partial charge in [0.15, 0.2) is 0 Å². The van der Waals surface area contributed by atoms with Crippen molar-refractivity contribution in [2.24, 2.45) is 11.8 Å². The molecule has 1 heterocycles. The number of likely N-dealkylation sites (tertiary alicyclic amines) is 1. The van der Waals surface area contributed by atoms with E-state index in [2.05, 4.69) is 19.2 Å². The lowest BCUT2D eigenvalue weighted by Gasteiger charge is -2.35. The first kappa shape index (κ1) is 19.1. The molecule has 0 bridgehead atoms. The molecule has 2 amide bonds. The van der Waals surface area contributed by atoms with Gasteiger partial charge in [-0.2, -0.15) is 0 Å². The number of benzene rings is 2. The number of amides is 2. The van der Waals surface area contributed by atoms with E-state index in [1.807, 2.05) is 4.90 Å². The Morgan fingerprint density at radius 1 is 1.04 bits per heavy atom. The van der Waals surface area contributed by atoms with E-state index in [1.165, 1.54) is 12.1 Å². The fraction of sp³-hybridized carbons (Fsp3) is 0.364. The first-order valence-corrected chi connectivity index (χ1v) is 9.35. The van der Waals surface area contributed by atoms with Crippen molar-refractivity contribution in [1.82, 2.24) is 4.90 Å². The molecule has 1 fully saturated rings. The Kier molecular flexibility index (Phi) is 5.89. The first-order valence-electron chi connectivity index (χ1n) is 9.35. The molecule has 27 heavy (non-hydrogen) atoms. The Balaban J connectivity index is 1.72. The second-order valence-corrected chi connectivity index (χ2v) is 7.55. The number of rotatable bonds is 4. The van der Waals surface area contributed by atoms with Crippen LogP contribution in [-0.2, 0) is 11.2 Å². The Morgan fingerprint density at radius 2 is 1.67 bits per heavy atom. The number of piperidine rings is 1. The van der Waals surface area contributed by atoms with Crippen LogP contribution in [0.5, 0.6) is 0 Å². The summed E-state index contributed by atoms with van der Waals surface area (Å²) in [6.07, 6.45) is 1.25. The van der Waals surface area contributed by atoms with Crippen LogP contribution in [-0.4, -0.2) is 29.8 Å². The predicted molar refractivity (Wildman–Crippen MR) is 104 cm³/mol. The SMILES string of the molecule is CC1CC(C)CN(C(=O)c2ccccc2NC(=O)Cc2ccc(F)cc2)C1. The lowest BCUT2D eigenvalue weighted by Crippen LogP contribution is -2.42. The molecule has 0 aliphatic carbocycles. The number of para-hydroxylation sites is 1. The van der Waals surface area contributed by atoms with Gasteiger partial charge in [0, 0.05) is 13.1 Å².